The van der Waals surface area contributed by atoms with E-state index in [4.69, 9.17) is 4.98 Å². The first kappa shape index (κ1) is 25.4. The van der Waals surface area contributed by atoms with Crippen molar-refractivity contribution in [1.82, 2.24) is 39.6 Å². The maximum absolute atomic E-state index is 4.79. The van der Waals surface area contributed by atoms with E-state index in [1.54, 1.807) is 6.33 Å². The van der Waals surface area contributed by atoms with Gasteiger partial charge in [0.15, 0.2) is 0 Å². The summed E-state index contributed by atoms with van der Waals surface area (Å²) in [5, 5.41) is 4.61. The molecule has 39 heavy (non-hydrogen) atoms. The summed E-state index contributed by atoms with van der Waals surface area (Å²) in [6.07, 6.45) is 13.6. The maximum Gasteiger partial charge on any atom is 0.228 e. The number of nitrogens with zero attached hydrogens (tertiary/aromatic N) is 10. The van der Waals surface area contributed by atoms with Crippen molar-refractivity contribution >= 4 is 11.9 Å². The Labute approximate surface area is 229 Å². The first-order valence-electron chi connectivity index (χ1n) is 13.9. The lowest BCUT2D eigenvalue weighted by Crippen LogP contribution is -2.47. The zero-order valence-electron chi connectivity index (χ0n) is 22.6. The van der Waals surface area contributed by atoms with Gasteiger partial charge in [0.05, 0.1) is 6.20 Å². The van der Waals surface area contributed by atoms with Crippen molar-refractivity contribution in [2.24, 2.45) is 5.92 Å². The summed E-state index contributed by atoms with van der Waals surface area (Å²) in [6, 6.07) is 10.4. The minimum Gasteiger partial charge on any atom is -0.337 e. The average molecular weight is 525 g/mol. The lowest BCUT2D eigenvalue weighted by Gasteiger charge is -2.34. The third-order valence-electron chi connectivity index (χ3n) is 7.73. The van der Waals surface area contributed by atoms with Crippen LogP contribution in [0.1, 0.15) is 35.4 Å². The zero-order valence-corrected chi connectivity index (χ0v) is 22.6. The van der Waals surface area contributed by atoms with Crippen molar-refractivity contribution in [3.63, 3.8) is 0 Å². The molecular weight excluding hydrogens is 488 g/mol. The van der Waals surface area contributed by atoms with Crippen molar-refractivity contribution in [3.8, 4) is 0 Å². The van der Waals surface area contributed by atoms with Gasteiger partial charge in [-0.1, -0.05) is 30.3 Å². The summed E-state index contributed by atoms with van der Waals surface area (Å²) in [5.74, 6) is 2.99. The predicted octanol–water partition coefficient (Wildman–Crippen LogP) is 2.71. The molecule has 0 aliphatic carbocycles. The SMILES string of the molecule is CN1CCC(Cn2cc(Cc3ncnc(N4CCN(c5ncc(Cc6ccccc6)cn5)CC4)n3)cn2)CC1. The molecule has 2 aliphatic heterocycles. The molecule has 2 saturated heterocycles. The van der Waals surface area contributed by atoms with Gasteiger partial charge < -0.3 is 14.7 Å². The van der Waals surface area contributed by atoms with Crippen LogP contribution in [0, 0.1) is 5.92 Å². The molecule has 10 nitrogen and oxygen atoms in total. The van der Waals surface area contributed by atoms with E-state index in [9.17, 15) is 0 Å². The summed E-state index contributed by atoms with van der Waals surface area (Å²) < 4.78 is 2.09. The number of piperazine rings is 1. The molecule has 0 bridgehead atoms. The quantitative estimate of drug-likeness (QED) is 0.345. The maximum atomic E-state index is 4.79. The smallest absolute Gasteiger partial charge is 0.228 e. The Balaban J connectivity index is 1.01. The topological polar surface area (TPSA) is 92.0 Å². The Morgan fingerprint density at radius 2 is 1.44 bits per heavy atom. The molecule has 6 rings (SSSR count). The Bertz CT molecular complexity index is 1320. The van der Waals surface area contributed by atoms with E-state index in [0.29, 0.717) is 12.3 Å². The monoisotopic (exact) mass is 524 g/mol. The molecule has 2 fully saturated rings. The first-order chi connectivity index (χ1) is 19.2. The molecule has 0 spiro atoms. The van der Waals surface area contributed by atoms with Gasteiger partial charge >= 0.3 is 0 Å². The molecule has 202 valence electrons. The van der Waals surface area contributed by atoms with Crippen LogP contribution < -0.4 is 9.80 Å². The molecule has 0 radical (unpaired) electrons. The second kappa shape index (κ2) is 11.9. The van der Waals surface area contributed by atoms with Crippen LogP contribution in [0.5, 0.6) is 0 Å². The molecule has 0 amide bonds. The average Bonchev–Trinajstić information content (AvgIpc) is 3.42. The van der Waals surface area contributed by atoms with Crippen molar-refractivity contribution in [2.75, 3.05) is 56.1 Å². The van der Waals surface area contributed by atoms with Gasteiger partial charge in [0.25, 0.3) is 0 Å². The highest BCUT2D eigenvalue weighted by Gasteiger charge is 2.22. The summed E-state index contributed by atoms with van der Waals surface area (Å²) in [6.45, 7) is 6.61. The lowest BCUT2D eigenvalue weighted by molar-refractivity contribution is 0.201. The molecule has 0 unspecified atom stereocenters. The van der Waals surface area contributed by atoms with Crippen LogP contribution in [0.3, 0.4) is 0 Å². The van der Waals surface area contributed by atoms with E-state index in [0.717, 1.165) is 68.0 Å². The zero-order chi connectivity index (χ0) is 26.4. The molecule has 5 heterocycles. The molecule has 10 heteroatoms. The molecule has 3 aromatic heterocycles. The second-order valence-corrected chi connectivity index (χ2v) is 10.7. The van der Waals surface area contributed by atoms with Gasteiger partial charge in [-0.15, -0.1) is 0 Å². The van der Waals surface area contributed by atoms with Crippen molar-refractivity contribution in [2.45, 2.75) is 32.2 Å². The minimum absolute atomic E-state index is 0.659. The van der Waals surface area contributed by atoms with Gasteiger partial charge in [-0.2, -0.15) is 10.1 Å². The van der Waals surface area contributed by atoms with Crippen molar-refractivity contribution < 1.29 is 0 Å². The highest BCUT2D eigenvalue weighted by Crippen LogP contribution is 2.19. The Morgan fingerprint density at radius 1 is 0.718 bits per heavy atom. The summed E-state index contributed by atoms with van der Waals surface area (Å²) in [5.41, 5.74) is 3.52. The summed E-state index contributed by atoms with van der Waals surface area (Å²) >= 11 is 0. The second-order valence-electron chi connectivity index (χ2n) is 10.7. The van der Waals surface area contributed by atoms with Crippen LogP contribution in [0.4, 0.5) is 11.9 Å². The third-order valence-corrected chi connectivity index (χ3v) is 7.73. The van der Waals surface area contributed by atoms with Crippen molar-refractivity contribution in [1.29, 1.82) is 0 Å². The van der Waals surface area contributed by atoms with E-state index < -0.39 is 0 Å². The predicted molar refractivity (Wildman–Crippen MR) is 151 cm³/mol. The highest BCUT2D eigenvalue weighted by molar-refractivity contribution is 5.38. The van der Waals surface area contributed by atoms with Gasteiger partial charge in [-0.05, 0) is 55.6 Å². The van der Waals surface area contributed by atoms with E-state index in [2.05, 4.69) is 81.9 Å². The standard InChI is InChI=1S/C29H36N10/c1-36-9-7-24(8-10-36)20-39-21-26(19-34-39)16-27-32-22-33-29(35-27)38-13-11-37(12-14-38)28-30-17-25(18-31-28)15-23-5-3-2-4-6-23/h2-6,17-19,21-22,24H,7-16,20H2,1H3. The molecule has 0 N–H and O–H groups in total. The highest BCUT2D eigenvalue weighted by atomic mass is 15.4. The molecule has 0 saturated carbocycles. The molecular formula is C29H36N10. The van der Waals surface area contributed by atoms with Crippen LogP contribution in [0.25, 0.3) is 0 Å². The van der Waals surface area contributed by atoms with E-state index in [1.165, 1.54) is 31.5 Å². The number of anilines is 2. The Morgan fingerprint density at radius 3 is 2.18 bits per heavy atom. The number of hydrogen-bond donors (Lipinski definition) is 0. The van der Waals surface area contributed by atoms with Crippen LogP contribution in [0.15, 0.2) is 61.4 Å². The van der Waals surface area contributed by atoms with E-state index in [1.807, 2.05) is 24.7 Å². The summed E-state index contributed by atoms with van der Waals surface area (Å²) in [4.78, 5) is 29.8. The third kappa shape index (κ3) is 6.57. The van der Waals surface area contributed by atoms with Crippen LogP contribution >= 0.6 is 0 Å². The fraction of sp³-hybridized carbons (Fsp3) is 0.448. The van der Waals surface area contributed by atoms with Gasteiger partial charge in [-0.25, -0.2) is 19.9 Å². The molecule has 2 aliphatic rings. The van der Waals surface area contributed by atoms with Crippen molar-refractivity contribution in [3.05, 3.63) is 84.0 Å². The number of rotatable bonds is 8. The molecule has 0 atom stereocenters. The fourth-order valence-electron chi connectivity index (χ4n) is 5.39. The fourth-order valence-corrected chi connectivity index (χ4v) is 5.39. The molecule has 1 aromatic carbocycles. The van der Waals surface area contributed by atoms with Gasteiger partial charge in [0.2, 0.25) is 11.9 Å². The Hall–Kier alpha value is -3.92. The minimum atomic E-state index is 0.659. The number of likely N-dealkylation sites (tertiary alicyclic amines) is 1. The largest absolute Gasteiger partial charge is 0.337 e. The van der Waals surface area contributed by atoms with Crippen LogP contribution in [0.2, 0.25) is 0 Å². The number of piperidine rings is 1. The van der Waals surface area contributed by atoms with Crippen LogP contribution in [-0.2, 0) is 19.4 Å². The first-order valence-corrected chi connectivity index (χ1v) is 13.9. The van der Waals surface area contributed by atoms with E-state index in [-0.39, 0.29) is 0 Å². The summed E-state index contributed by atoms with van der Waals surface area (Å²) in [7, 11) is 2.20. The lowest BCUT2D eigenvalue weighted by atomic mass is 9.97. The van der Waals surface area contributed by atoms with Crippen LogP contribution in [-0.4, -0.2) is 85.9 Å². The normalized spacial score (nSPS) is 17.1. The van der Waals surface area contributed by atoms with Gasteiger partial charge in [0, 0.05) is 64.2 Å². The number of benzene rings is 1. The number of hydrogen-bond acceptors (Lipinski definition) is 9. The molecule has 4 aromatic rings. The number of aromatic nitrogens is 7. The van der Waals surface area contributed by atoms with Gasteiger partial charge in [0.1, 0.15) is 12.2 Å². The van der Waals surface area contributed by atoms with Gasteiger partial charge in [-0.3, -0.25) is 4.68 Å². The van der Waals surface area contributed by atoms with E-state index >= 15 is 0 Å². The Kier molecular flexibility index (Phi) is 7.71.